The van der Waals surface area contributed by atoms with Crippen LogP contribution in [0.1, 0.15) is 40.5 Å². The van der Waals surface area contributed by atoms with Gasteiger partial charge in [-0.3, -0.25) is 0 Å². The lowest BCUT2D eigenvalue weighted by Gasteiger charge is -2.25. The van der Waals surface area contributed by atoms with Gasteiger partial charge in [-0.2, -0.15) is 15.0 Å². The molecule has 0 aromatic carbocycles. The molecule has 0 unspecified atom stereocenters. The van der Waals surface area contributed by atoms with Gasteiger partial charge in [-0.1, -0.05) is 26.7 Å². The van der Waals surface area contributed by atoms with Crippen molar-refractivity contribution in [3.63, 3.8) is 0 Å². The van der Waals surface area contributed by atoms with Crippen LogP contribution >= 0.6 is 0 Å². The van der Waals surface area contributed by atoms with Crippen LogP contribution in [-0.2, 0) is 0 Å². The molecular weight excluding hydrogens is 254 g/mol. The predicted octanol–water partition coefficient (Wildman–Crippen LogP) is 2.57. The average Bonchev–Trinajstić information content (AvgIpc) is 2.48. The minimum atomic E-state index is 0.379. The highest BCUT2D eigenvalue weighted by Crippen LogP contribution is 2.18. The largest absolute Gasteiger partial charge is 0.464 e. The highest BCUT2D eigenvalue weighted by molar-refractivity contribution is 5.38. The van der Waals surface area contributed by atoms with E-state index in [4.69, 9.17) is 4.74 Å². The fourth-order valence-corrected chi connectivity index (χ4v) is 2.00. The summed E-state index contributed by atoms with van der Waals surface area (Å²) in [7, 11) is 1.80. The molecule has 0 bridgehead atoms. The molecule has 0 aliphatic carbocycles. The molecule has 1 N–H and O–H groups in total. The van der Waals surface area contributed by atoms with Crippen LogP contribution in [0.3, 0.4) is 0 Å². The maximum atomic E-state index is 5.41. The summed E-state index contributed by atoms with van der Waals surface area (Å²) >= 11 is 0. The molecule has 0 saturated heterocycles. The highest BCUT2D eigenvalue weighted by atomic mass is 16.5. The second-order valence-corrected chi connectivity index (χ2v) is 4.65. The Hall–Kier alpha value is -1.59. The number of nitrogens with zero attached hydrogens (tertiary/aromatic N) is 4. The molecule has 0 aliphatic rings. The standard InChI is InChI=1S/C14H27N5O/c1-6-11(7-2)10-19(8-3)13-16-12(15-5)17-14(18-13)20-9-4/h11H,6-10H2,1-5H3,(H,15,16,17,18). The maximum Gasteiger partial charge on any atom is 0.323 e. The summed E-state index contributed by atoms with van der Waals surface area (Å²) in [5, 5.41) is 2.96. The van der Waals surface area contributed by atoms with Crippen LogP contribution in [-0.4, -0.2) is 41.7 Å². The Morgan fingerprint density at radius 3 is 2.30 bits per heavy atom. The molecule has 6 nitrogen and oxygen atoms in total. The summed E-state index contributed by atoms with van der Waals surface area (Å²) in [5.41, 5.74) is 0. The second kappa shape index (κ2) is 8.55. The summed E-state index contributed by atoms with van der Waals surface area (Å²) in [6.07, 6.45) is 2.32. The summed E-state index contributed by atoms with van der Waals surface area (Å²) in [5.74, 6) is 1.88. The molecule has 20 heavy (non-hydrogen) atoms. The molecule has 1 aromatic rings. The fourth-order valence-electron chi connectivity index (χ4n) is 2.00. The van der Waals surface area contributed by atoms with Crippen molar-refractivity contribution in [2.45, 2.75) is 40.5 Å². The SMILES string of the molecule is CCOc1nc(NC)nc(N(CC)CC(CC)CC)n1. The minimum absolute atomic E-state index is 0.379. The molecule has 0 saturated carbocycles. The van der Waals surface area contributed by atoms with Crippen LogP contribution in [0.2, 0.25) is 0 Å². The smallest absolute Gasteiger partial charge is 0.323 e. The van der Waals surface area contributed by atoms with E-state index in [1.54, 1.807) is 7.05 Å². The Labute approximate surface area is 122 Å². The number of rotatable bonds is 9. The molecule has 6 heteroatoms. The Kier molecular flexibility index (Phi) is 7.04. The molecule has 0 radical (unpaired) electrons. The normalized spacial score (nSPS) is 10.7. The van der Waals surface area contributed by atoms with Crippen LogP contribution in [0.4, 0.5) is 11.9 Å². The van der Waals surface area contributed by atoms with Gasteiger partial charge in [0.1, 0.15) is 0 Å². The number of ether oxygens (including phenoxy) is 1. The molecular formula is C14H27N5O. The van der Waals surface area contributed by atoms with E-state index >= 15 is 0 Å². The Morgan fingerprint density at radius 2 is 1.80 bits per heavy atom. The van der Waals surface area contributed by atoms with Crippen molar-refractivity contribution in [2.24, 2.45) is 5.92 Å². The van der Waals surface area contributed by atoms with E-state index in [1.165, 1.54) is 0 Å². The number of anilines is 2. The van der Waals surface area contributed by atoms with Gasteiger partial charge in [0.15, 0.2) is 0 Å². The molecule has 0 atom stereocenters. The number of hydrogen-bond acceptors (Lipinski definition) is 6. The molecule has 0 aliphatic heterocycles. The Bertz CT molecular complexity index is 395. The topological polar surface area (TPSA) is 63.2 Å². The quantitative estimate of drug-likeness (QED) is 0.750. The molecule has 0 spiro atoms. The van der Waals surface area contributed by atoms with Crippen LogP contribution < -0.4 is 15.0 Å². The Balaban J connectivity index is 2.97. The lowest BCUT2D eigenvalue weighted by atomic mass is 10.0. The monoisotopic (exact) mass is 281 g/mol. The zero-order valence-electron chi connectivity index (χ0n) is 13.3. The van der Waals surface area contributed by atoms with Gasteiger partial charge in [-0.25, -0.2) is 0 Å². The van der Waals surface area contributed by atoms with Crippen LogP contribution in [0.15, 0.2) is 0 Å². The van der Waals surface area contributed by atoms with Crippen LogP contribution in [0.25, 0.3) is 0 Å². The van der Waals surface area contributed by atoms with Crippen molar-refractivity contribution in [3.05, 3.63) is 0 Å². The molecule has 114 valence electrons. The van der Waals surface area contributed by atoms with E-state index in [0.29, 0.717) is 30.4 Å². The lowest BCUT2D eigenvalue weighted by molar-refractivity contribution is 0.311. The first kappa shape index (κ1) is 16.5. The zero-order valence-corrected chi connectivity index (χ0v) is 13.3. The minimum Gasteiger partial charge on any atom is -0.464 e. The van der Waals surface area contributed by atoms with Gasteiger partial charge in [0.2, 0.25) is 11.9 Å². The Morgan fingerprint density at radius 1 is 1.10 bits per heavy atom. The van der Waals surface area contributed by atoms with Gasteiger partial charge in [0.25, 0.3) is 0 Å². The van der Waals surface area contributed by atoms with E-state index in [0.717, 1.165) is 25.9 Å². The van der Waals surface area contributed by atoms with Crippen LogP contribution in [0, 0.1) is 5.92 Å². The van der Waals surface area contributed by atoms with Gasteiger partial charge in [-0.15, -0.1) is 0 Å². The highest BCUT2D eigenvalue weighted by Gasteiger charge is 2.15. The van der Waals surface area contributed by atoms with Gasteiger partial charge >= 0.3 is 6.01 Å². The fraction of sp³-hybridized carbons (Fsp3) is 0.786. The average molecular weight is 281 g/mol. The van der Waals surface area contributed by atoms with Crippen molar-refractivity contribution in [1.29, 1.82) is 0 Å². The summed E-state index contributed by atoms with van der Waals surface area (Å²) in [6.45, 7) is 10.9. The van der Waals surface area contributed by atoms with Crippen molar-refractivity contribution >= 4 is 11.9 Å². The van der Waals surface area contributed by atoms with Crippen molar-refractivity contribution < 1.29 is 4.74 Å². The number of aromatic nitrogens is 3. The number of hydrogen-bond donors (Lipinski definition) is 1. The molecule has 1 aromatic heterocycles. The summed E-state index contributed by atoms with van der Waals surface area (Å²) in [6, 6.07) is 0.379. The molecule has 0 fully saturated rings. The van der Waals surface area contributed by atoms with E-state index in [1.807, 2.05) is 6.92 Å². The maximum absolute atomic E-state index is 5.41. The van der Waals surface area contributed by atoms with Crippen molar-refractivity contribution in [1.82, 2.24) is 15.0 Å². The van der Waals surface area contributed by atoms with E-state index < -0.39 is 0 Å². The third-order valence-electron chi connectivity index (χ3n) is 3.40. The van der Waals surface area contributed by atoms with E-state index in [-0.39, 0.29) is 0 Å². The van der Waals surface area contributed by atoms with E-state index in [2.05, 4.69) is 45.9 Å². The third kappa shape index (κ3) is 4.51. The van der Waals surface area contributed by atoms with Gasteiger partial charge < -0.3 is 15.0 Å². The van der Waals surface area contributed by atoms with Crippen molar-refractivity contribution in [2.75, 3.05) is 37.0 Å². The van der Waals surface area contributed by atoms with Gasteiger partial charge in [0, 0.05) is 20.1 Å². The molecule has 1 rings (SSSR count). The zero-order chi connectivity index (χ0) is 15.0. The van der Waals surface area contributed by atoms with Gasteiger partial charge in [-0.05, 0) is 19.8 Å². The lowest BCUT2D eigenvalue weighted by Crippen LogP contribution is -2.31. The first-order chi connectivity index (χ1) is 9.68. The molecule has 0 amide bonds. The summed E-state index contributed by atoms with van der Waals surface area (Å²) < 4.78 is 5.41. The number of nitrogens with one attached hydrogen (secondary N) is 1. The second-order valence-electron chi connectivity index (χ2n) is 4.65. The predicted molar refractivity (Wildman–Crippen MR) is 82.5 cm³/mol. The van der Waals surface area contributed by atoms with Crippen LogP contribution in [0.5, 0.6) is 6.01 Å². The third-order valence-corrected chi connectivity index (χ3v) is 3.40. The first-order valence-electron chi connectivity index (χ1n) is 7.49. The molecule has 1 heterocycles. The summed E-state index contributed by atoms with van der Waals surface area (Å²) in [4.78, 5) is 15.2. The van der Waals surface area contributed by atoms with Gasteiger partial charge in [0.05, 0.1) is 6.61 Å². The van der Waals surface area contributed by atoms with Crippen molar-refractivity contribution in [3.8, 4) is 6.01 Å². The van der Waals surface area contributed by atoms with E-state index in [9.17, 15) is 0 Å². The first-order valence-corrected chi connectivity index (χ1v) is 7.49.